The number of aromatic nitrogens is 2. The Hall–Kier alpha value is -4.38. The smallest absolute Gasteiger partial charge is 0.263 e. The van der Waals surface area contributed by atoms with E-state index in [1.807, 2.05) is 13.0 Å². The van der Waals surface area contributed by atoms with Crippen LogP contribution in [-0.4, -0.2) is 38.5 Å². The molecule has 0 unspecified atom stereocenters. The fraction of sp³-hybridized carbons (Fsp3) is 0.222. The van der Waals surface area contributed by atoms with Gasteiger partial charge in [0.1, 0.15) is 11.5 Å². The number of sulfonamides is 1. The Kier molecular flexibility index (Phi) is 8.27. The van der Waals surface area contributed by atoms with E-state index in [9.17, 15) is 13.2 Å². The first-order valence-corrected chi connectivity index (χ1v) is 13.4. The van der Waals surface area contributed by atoms with Crippen LogP contribution in [0, 0.1) is 0 Å². The van der Waals surface area contributed by atoms with Gasteiger partial charge < -0.3 is 20.1 Å². The zero-order valence-electron chi connectivity index (χ0n) is 21.3. The quantitative estimate of drug-likeness (QED) is 0.254. The summed E-state index contributed by atoms with van der Waals surface area (Å²) in [4.78, 5) is 21.0. The van der Waals surface area contributed by atoms with Gasteiger partial charge in [-0.25, -0.2) is 18.4 Å². The van der Waals surface area contributed by atoms with Crippen molar-refractivity contribution in [2.24, 2.45) is 0 Å². The highest BCUT2D eigenvalue weighted by atomic mass is 32.2. The molecule has 3 N–H and O–H groups in total. The predicted octanol–water partition coefficient (Wildman–Crippen LogP) is 4.61. The lowest BCUT2D eigenvalue weighted by Gasteiger charge is -2.15. The van der Waals surface area contributed by atoms with Crippen molar-refractivity contribution in [3.8, 4) is 11.5 Å². The van der Waals surface area contributed by atoms with Crippen molar-refractivity contribution in [3.05, 3.63) is 72.3 Å². The van der Waals surface area contributed by atoms with Gasteiger partial charge >= 0.3 is 0 Å². The van der Waals surface area contributed by atoms with Crippen LogP contribution in [0.1, 0.15) is 25.3 Å². The van der Waals surface area contributed by atoms with E-state index in [1.165, 1.54) is 26.4 Å². The van der Waals surface area contributed by atoms with Gasteiger partial charge in [-0.05, 0) is 36.2 Å². The molecule has 0 radical (unpaired) electrons. The molecule has 1 aromatic heterocycles. The molecule has 0 saturated carbocycles. The van der Waals surface area contributed by atoms with Crippen molar-refractivity contribution in [1.82, 2.24) is 15.3 Å². The lowest BCUT2D eigenvalue weighted by atomic mass is 10.2. The maximum absolute atomic E-state index is 13.4. The van der Waals surface area contributed by atoms with Gasteiger partial charge in [-0.15, -0.1) is 0 Å². The molecule has 3 aromatic carbocycles. The van der Waals surface area contributed by atoms with Gasteiger partial charge in [0.15, 0.2) is 11.6 Å². The molecular weight excluding hydrogens is 506 g/mol. The predicted molar refractivity (Wildman–Crippen MR) is 146 cm³/mol. The number of amides is 1. The molecule has 0 spiro atoms. The summed E-state index contributed by atoms with van der Waals surface area (Å²) in [6.07, 6.45) is 1.14. The van der Waals surface area contributed by atoms with Gasteiger partial charge in [0, 0.05) is 36.9 Å². The molecule has 0 saturated heterocycles. The van der Waals surface area contributed by atoms with Crippen LogP contribution in [0.3, 0.4) is 0 Å². The lowest BCUT2D eigenvalue weighted by molar-refractivity contribution is -0.121. The summed E-state index contributed by atoms with van der Waals surface area (Å²) < 4.78 is 40.1. The van der Waals surface area contributed by atoms with E-state index in [2.05, 4.69) is 25.3 Å². The van der Waals surface area contributed by atoms with Crippen LogP contribution in [0.2, 0.25) is 0 Å². The zero-order chi connectivity index (χ0) is 27.1. The number of methoxy groups -OCH3 is 2. The molecule has 38 heavy (non-hydrogen) atoms. The number of carbonyl (C=O) groups excluding carboxylic acids is 1. The number of carbonyl (C=O) groups is 1. The Balaban J connectivity index is 1.67. The minimum absolute atomic E-state index is 0.0205. The molecule has 10 nitrogen and oxygen atoms in total. The number of fused-ring (bicyclic) bond motifs is 1. The summed E-state index contributed by atoms with van der Waals surface area (Å²) >= 11 is 0. The molecule has 0 aliphatic rings. The molecule has 11 heteroatoms. The van der Waals surface area contributed by atoms with Crippen LogP contribution in [0.4, 0.5) is 17.3 Å². The second-order valence-corrected chi connectivity index (χ2v) is 10.1. The SMILES string of the molecule is CCCC(=O)NCc1cccc(S(=O)(=O)Nc2nc3ccccc3nc2Nc2cc(OC)cc(OC)c2)c1. The van der Waals surface area contributed by atoms with Crippen LogP contribution in [0.25, 0.3) is 11.0 Å². The molecule has 0 aliphatic heterocycles. The molecule has 1 heterocycles. The lowest BCUT2D eigenvalue weighted by Crippen LogP contribution is -2.22. The standard InChI is InChI=1S/C27H29N5O5S/c1-4-8-25(33)28-17-18-9-7-10-22(13-18)38(34,35)32-27-26(30-23-11-5-6-12-24(23)31-27)29-19-14-20(36-2)16-21(15-19)37-3/h5-7,9-16H,4,8,17H2,1-3H3,(H,28,33)(H,29,30)(H,31,32). The monoisotopic (exact) mass is 535 g/mol. The van der Waals surface area contributed by atoms with E-state index in [1.54, 1.807) is 48.5 Å². The summed E-state index contributed by atoms with van der Waals surface area (Å²) in [6.45, 7) is 2.14. The topological polar surface area (TPSA) is 132 Å². The third-order valence-corrected chi connectivity index (χ3v) is 6.93. The number of para-hydroxylation sites is 2. The van der Waals surface area contributed by atoms with E-state index in [0.29, 0.717) is 40.2 Å². The summed E-state index contributed by atoms with van der Waals surface area (Å²) in [5, 5.41) is 5.93. The second kappa shape index (κ2) is 11.8. The normalized spacial score (nSPS) is 11.1. The van der Waals surface area contributed by atoms with Gasteiger partial charge in [0.2, 0.25) is 5.91 Å². The highest BCUT2D eigenvalue weighted by molar-refractivity contribution is 7.92. The highest BCUT2D eigenvalue weighted by Crippen LogP contribution is 2.31. The van der Waals surface area contributed by atoms with Gasteiger partial charge in [-0.2, -0.15) is 0 Å². The van der Waals surface area contributed by atoms with Crippen LogP contribution in [-0.2, 0) is 21.4 Å². The molecular formula is C27H29N5O5S. The van der Waals surface area contributed by atoms with Crippen molar-refractivity contribution in [3.63, 3.8) is 0 Å². The number of rotatable bonds is 11. The number of hydrogen-bond acceptors (Lipinski definition) is 8. The second-order valence-electron chi connectivity index (χ2n) is 8.42. The first-order chi connectivity index (χ1) is 18.3. The molecule has 4 rings (SSSR count). The molecule has 4 aromatic rings. The summed E-state index contributed by atoms with van der Waals surface area (Å²) in [7, 11) is -0.970. The van der Waals surface area contributed by atoms with E-state index in [-0.39, 0.29) is 29.0 Å². The summed E-state index contributed by atoms with van der Waals surface area (Å²) in [5.74, 6) is 1.23. The number of hydrogen-bond donors (Lipinski definition) is 3. The molecule has 0 bridgehead atoms. The van der Waals surface area contributed by atoms with E-state index >= 15 is 0 Å². The van der Waals surface area contributed by atoms with Gasteiger partial charge in [0.25, 0.3) is 10.0 Å². The fourth-order valence-corrected chi connectivity index (χ4v) is 4.78. The number of ether oxygens (including phenoxy) is 2. The molecule has 0 atom stereocenters. The molecule has 1 amide bonds. The number of benzene rings is 3. The number of nitrogens with one attached hydrogen (secondary N) is 3. The first kappa shape index (κ1) is 26.7. The van der Waals surface area contributed by atoms with Gasteiger partial charge in [-0.1, -0.05) is 31.2 Å². The minimum atomic E-state index is -4.05. The minimum Gasteiger partial charge on any atom is -0.497 e. The van der Waals surface area contributed by atoms with E-state index < -0.39 is 10.0 Å². The maximum Gasteiger partial charge on any atom is 0.263 e. The Morgan fingerprint density at radius 2 is 1.53 bits per heavy atom. The van der Waals surface area contributed by atoms with E-state index in [4.69, 9.17) is 9.47 Å². The fourth-order valence-electron chi connectivity index (χ4n) is 3.70. The highest BCUT2D eigenvalue weighted by Gasteiger charge is 2.20. The zero-order valence-corrected chi connectivity index (χ0v) is 22.1. The third-order valence-electron chi connectivity index (χ3n) is 5.59. The van der Waals surface area contributed by atoms with Crippen LogP contribution < -0.4 is 24.8 Å². The van der Waals surface area contributed by atoms with Crippen LogP contribution >= 0.6 is 0 Å². The average molecular weight is 536 g/mol. The Morgan fingerprint density at radius 1 is 0.868 bits per heavy atom. The van der Waals surface area contributed by atoms with Crippen molar-refractivity contribution >= 4 is 44.3 Å². The Bertz CT molecular complexity index is 1540. The Morgan fingerprint density at radius 3 is 2.16 bits per heavy atom. The first-order valence-electron chi connectivity index (χ1n) is 12.0. The largest absolute Gasteiger partial charge is 0.497 e. The van der Waals surface area contributed by atoms with Gasteiger partial charge in [-0.3, -0.25) is 9.52 Å². The van der Waals surface area contributed by atoms with Crippen molar-refractivity contribution < 1.29 is 22.7 Å². The average Bonchev–Trinajstić information content (AvgIpc) is 2.92. The van der Waals surface area contributed by atoms with Crippen molar-refractivity contribution in [2.75, 3.05) is 24.3 Å². The molecule has 0 fully saturated rings. The summed E-state index contributed by atoms with van der Waals surface area (Å²) in [6, 6.07) is 18.7. The van der Waals surface area contributed by atoms with Crippen molar-refractivity contribution in [1.29, 1.82) is 0 Å². The third kappa shape index (κ3) is 6.48. The van der Waals surface area contributed by atoms with Crippen LogP contribution in [0.15, 0.2) is 71.6 Å². The van der Waals surface area contributed by atoms with Crippen molar-refractivity contribution in [2.45, 2.75) is 31.2 Å². The molecule has 0 aliphatic carbocycles. The van der Waals surface area contributed by atoms with E-state index in [0.717, 1.165) is 6.42 Å². The van der Waals surface area contributed by atoms with Crippen LogP contribution in [0.5, 0.6) is 11.5 Å². The molecule has 198 valence electrons. The maximum atomic E-state index is 13.4. The van der Waals surface area contributed by atoms with Gasteiger partial charge in [0.05, 0.1) is 30.1 Å². The Labute approximate surface area is 221 Å². The number of anilines is 3. The summed E-state index contributed by atoms with van der Waals surface area (Å²) in [5.41, 5.74) is 2.32. The number of nitrogens with zero attached hydrogens (tertiary/aromatic N) is 2.